The quantitative estimate of drug-likeness (QED) is 0.804. The Morgan fingerprint density at radius 3 is 2.89 bits per heavy atom. The van der Waals surface area contributed by atoms with E-state index in [4.69, 9.17) is 23.2 Å². The third kappa shape index (κ3) is 2.44. The second-order valence-corrected chi connectivity index (χ2v) is 5.91. The number of pyridine rings is 1. The molecule has 2 fully saturated rings. The van der Waals surface area contributed by atoms with Crippen molar-refractivity contribution in [2.75, 3.05) is 24.5 Å². The summed E-state index contributed by atoms with van der Waals surface area (Å²) in [6.07, 6.45) is 5.59. The van der Waals surface area contributed by atoms with Crippen molar-refractivity contribution in [1.29, 1.82) is 0 Å². The molecule has 3 heterocycles. The molecule has 2 atom stereocenters. The molecule has 1 aromatic rings. The van der Waals surface area contributed by atoms with Gasteiger partial charge in [-0.2, -0.15) is 0 Å². The number of halogens is 2. The summed E-state index contributed by atoms with van der Waals surface area (Å²) >= 11 is 11.9. The predicted molar refractivity (Wildman–Crippen MR) is 75.6 cm³/mol. The molecule has 0 amide bonds. The Morgan fingerprint density at radius 2 is 2.06 bits per heavy atom. The summed E-state index contributed by atoms with van der Waals surface area (Å²) in [5.41, 5.74) is 1.09. The molecule has 3 nitrogen and oxygen atoms in total. The van der Waals surface area contributed by atoms with Crippen molar-refractivity contribution in [1.82, 2.24) is 10.3 Å². The largest absolute Gasteiger partial charge is 0.370 e. The highest BCUT2D eigenvalue weighted by Gasteiger charge is 2.30. The van der Waals surface area contributed by atoms with Crippen molar-refractivity contribution in [3.8, 4) is 0 Å². The maximum atomic E-state index is 6.04. The lowest BCUT2D eigenvalue weighted by Gasteiger charge is -2.23. The first-order chi connectivity index (χ1) is 8.74. The second kappa shape index (κ2) is 5.24. The van der Waals surface area contributed by atoms with Gasteiger partial charge in [-0.05, 0) is 37.8 Å². The van der Waals surface area contributed by atoms with Gasteiger partial charge in [0.25, 0.3) is 0 Å². The van der Waals surface area contributed by atoms with Crippen LogP contribution in [0.4, 0.5) is 5.69 Å². The van der Waals surface area contributed by atoms with Gasteiger partial charge >= 0.3 is 0 Å². The van der Waals surface area contributed by atoms with Crippen molar-refractivity contribution in [3.63, 3.8) is 0 Å². The van der Waals surface area contributed by atoms with Gasteiger partial charge in [-0.1, -0.05) is 23.2 Å². The molecule has 0 aromatic carbocycles. The van der Waals surface area contributed by atoms with Crippen LogP contribution in [0, 0.1) is 5.92 Å². The number of nitrogens with zero attached hydrogens (tertiary/aromatic N) is 2. The van der Waals surface area contributed by atoms with Gasteiger partial charge in [0.15, 0.2) is 0 Å². The molecule has 98 valence electrons. The lowest BCUT2D eigenvalue weighted by molar-refractivity contribution is 0.436. The minimum atomic E-state index is 0.383. The van der Waals surface area contributed by atoms with Gasteiger partial charge < -0.3 is 10.2 Å². The first-order valence-corrected chi connectivity index (χ1v) is 7.29. The Kier molecular flexibility index (Phi) is 3.64. The Balaban J connectivity index is 1.74. The summed E-state index contributed by atoms with van der Waals surface area (Å²) in [7, 11) is 0. The summed E-state index contributed by atoms with van der Waals surface area (Å²) in [6, 6.07) is 2.62. The zero-order chi connectivity index (χ0) is 12.5. The zero-order valence-electron chi connectivity index (χ0n) is 10.2. The van der Waals surface area contributed by atoms with Crippen LogP contribution in [0.15, 0.2) is 12.3 Å². The topological polar surface area (TPSA) is 28.2 Å². The van der Waals surface area contributed by atoms with Crippen LogP contribution in [0.2, 0.25) is 10.2 Å². The molecule has 2 aliphatic heterocycles. The number of hydrogen-bond acceptors (Lipinski definition) is 3. The van der Waals surface area contributed by atoms with E-state index in [9.17, 15) is 0 Å². The van der Waals surface area contributed by atoms with Crippen molar-refractivity contribution < 1.29 is 0 Å². The van der Waals surface area contributed by atoms with Crippen LogP contribution in [0.25, 0.3) is 0 Å². The molecule has 1 aromatic heterocycles. The van der Waals surface area contributed by atoms with Crippen molar-refractivity contribution in [2.24, 2.45) is 5.92 Å². The number of nitrogens with one attached hydrogen (secondary N) is 1. The van der Waals surface area contributed by atoms with Crippen LogP contribution in [0.5, 0.6) is 0 Å². The monoisotopic (exact) mass is 285 g/mol. The first kappa shape index (κ1) is 12.5. The van der Waals surface area contributed by atoms with Gasteiger partial charge in [-0.3, -0.25) is 0 Å². The van der Waals surface area contributed by atoms with Gasteiger partial charge in [0.2, 0.25) is 0 Å². The molecule has 0 bridgehead atoms. The SMILES string of the molecule is Clc1cc(N2CC[C@@H]3CCN[C@@H]3CC2)cnc1Cl. The molecular formula is C13H17Cl2N3. The number of anilines is 1. The van der Waals surface area contributed by atoms with Crippen LogP contribution in [-0.4, -0.2) is 30.7 Å². The molecule has 18 heavy (non-hydrogen) atoms. The van der Waals surface area contributed by atoms with E-state index in [0.29, 0.717) is 16.2 Å². The number of rotatable bonds is 1. The van der Waals surface area contributed by atoms with Gasteiger partial charge in [-0.15, -0.1) is 0 Å². The lowest BCUT2D eigenvalue weighted by Crippen LogP contribution is -2.28. The Morgan fingerprint density at radius 1 is 1.22 bits per heavy atom. The number of aromatic nitrogens is 1. The first-order valence-electron chi connectivity index (χ1n) is 6.53. The van der Waals surface area contributed by atoms with Crippen LogP contribution < -0.4 is 10.2 Å². The average Bonchev–Trinajstić information content (AvgIpc) is 2.72. The third-order valence-electron chi connectivity index (χ3n) is 4.12. The Hall–Kier alpha value is -0.510. The molecule has 5 heteroatoms. The standard InChI is InChI=1S/C13H17Cl2N3/c14-11-7-10(8-17-13(11)15)18-5-2-9-1-4-16-12(9)3-6-18/h7-9,12,16H,1-6H2/t9-,12+/m0/s1. The molecule has 2 saturated heterocycles. The minimum Gasteiger partial charge on any atom is -0.370 e. The fourth-order valence-corrected chi connectivity index (χ4v) is 3.34. The van der Waals surface area contributed by atoms with E-state index in [1.54, 1.807) is 0 Å². The van der Waals surface area contributed by atoms with E-state index in [0.717, 1.165) is 24.7 Å². The molecule has 0 aliphatic carbocycles. The van der Waals surface area contributed by atoms with Gasteiger partial charge in [0, 0.05) is 19.1 Å². The van der Waals surface area contributed by atoms with Crippen molar-refractivity contribution in [3.05, 3.63) is 22.4 Å². The van der Waals surface area contributed by atoms with E-state index in [1.807, 2.05) is 12.3 Å². The summed E-state index contributed by atoms with van der Waals surface area (Å²) in [5.74, 6) is 0.839. The zero-order valence-corrected chi connectivity index (χ0v) is 11.7. The highest BCUT2D eigenvalue weighted by atomic mass is 35.5. The molecule has 3 rings (SSSR count). The highest BCUT2D eigenvalue weighted by Crippen LogP contribution is 2.30. The smallest absolute Gasteiger partial charge is 0.147 e. The predicted octanol–water partition coefficient (Wildman–Crippen LogP) is 2.97. The molecule has 2 aliphatic rings. The maximum absolute atomic E-state index is 6.04. The van der Waals surface area contributed by atoms with E-state index in [-0.39, 0.29) is 0 Å². The van der Waals surface area contributed by atoms with Crippen LogP contribution in [-0.2, 0) is 0 Å². The highest BCUT2D eigenvalue weighted by molar-refractivity contribution is 6.41. The van der Waals surface area contributed by atoms with Gasteiger partial charge in [0.05, 0.1) is 16.9 Å². The minimum absolute atomic E-state index is 0.383. The van der Waals surface area contributed by atoms with Crippen LogP contribution in [0.3, 0.4) is 0 Å². The average molecular weight is 286 g/mol. The van der Waals surface area contributed by atoms with Gasteiger partial charge in [0.1, 0.15) is 5.15 Å². The summed E-state index contributed by atoms with van der Waals surface area (Å²) < 4.78 is 0. The maximum Gasteiger partial charge on any atom is 0.147 e. The van der Waals surface area contributed by atoms with Gasteiger partial charge in [-0.25, -0.2) is 4.98 Å². The van der Waals surface area contributed by atoms with Crippen LogP contribution in [0.1, 0.15) is 19.3 Å². The molecule has 0 spiro atoms. The molecule has 0 radical (unpaired) electrons. The fraction of sp³-hybridized carbons (Fsp3) is 0.615. The third-order valence-corrected chi connectivity index (χ3v) is 4.80. The number of fused-ring (bicyclic) bond motifs is 1. The van der Waals surface area contributed by atoms with Crippen molar-refractivity contribution in [2.45, 2.75) is 25.3 Å². The fourth-order valence-electron chi connectivity index (χ4n) is 3.08. The summed E-state index contributed by atoms with van der Waals surface area (Å²) in [5, 5.41) is 4.52. The van der Waals surface area contributed by atoms with Crippen molar-refractivity contribution >= 4 is 28.9 Å². The second-order valence-electron chi connectivity index (χ2n) is 5.14. The summed E-state index contributed by atoms with van der Waals surface area (Å²) in [4.78, 5) is 6.50. The summed E-state index contributed by atoms with van der Waals surface area (Å²) in [6.45, 7) is 3.33. The number of hydrogen-bond donors (Lipinski definition) is 1. The molecule has 0 saturated carbocycles. The van der Waals surface area contributed by atoms with E-state index in [1.165, 1.54) is 25.8 Å². The molecular weight excluding hydrogens is 269 g/mol. The van der Waals surface area contributed by atoms with Crippen LogP contribution >= 0.6 is 23.2 Å². The Labute approximate surface area is 117 Å². The molecule has 0 unspecified atom stereocenters. The lowest BCUT2D eigenvalue weighted by atomic mass is 9.96. The normalized spacial score (nSPS) is 28.0. The Bertz CT molecular complexity index is 424. The van der Waals surface area contributed by atoms with E-state index in [2.05, 4.69) is 15.2 Å². The van der Waals surface area contributed by atoms with E-state index >= 15 is 0 Å². The molecule has 1 N–H and O–H groups in total. The van der Waals surface area contributed by atoms with E-state index < -0.39 is 0 Å².